The highest BCUT2D eigenvalue weighted by Gasteiger charge is 2.04. The molecule has 2 aromatic carbocycles. The van der Waals surface area contributed by atoms with Crippen molar-refractivity contribution in [3.63, 3.8) is 0 Å². The molecule has 19 heavy (non-hydrogen) atoms. The van der Waals surface area contributed by atoms with E-state index in [4.69, 9.17) is 17.3 Å². The molecule has 0 saturated carbocycles. The van der Waals surface area contributed by atoms with E-state index in [1.165, 1.54) is 11.1 Å². The summed E-state index contributed by atoms with van der Waals surface area (Å²) in [5, 5.41) is 0.779. The van der Waals surface area contributed by atoms with E-state index in [1.807, 2.05) is 12.1 Å². The van der Waals surface area contributed by atoms with Crippen LogP contribution in [-0.2, 0) is 12.8 Å². The minimum atomic E-state index is 0.227. The summed E-state index contributed by atoms with van der Waals surface area (Å²) in [7, 11) is 0. The van der Waals surface area contributed by atoms with Gasteiger partial charge in [0.15, 0.2) is 0 Å². The molecule has 1 atom stereocenters. The van der Waals surface area contributed by atoms with E-state index in [0.717, 1.165) is 30.7 Å². The summed E-state index contributed by atoms with van der Waals surface area (Å²) in [6.07, 6.45) is 4.22. The van der Waals surface area contributed by atoms with Crippen molar-refractivity contribution >= 4 is 11.6 Å². The van der Waals surface area contributed by atoms with E-state index >= 15 is 0 Å². The van der Waals surface area contributed by atoms with Gasteiger partial charge in [-0.15, -0.1) is 0 Å². The summed E-state index contributed by atoms with van der Waals surface area (Å²) >= 11 is 5.87. The summed E-state index contributed by atoms with van der Waals surface area (Å²) in [5.41, 5.74) is 8.83. The standard InChI is InChI=1S/C17H20ClN/c18-16-11-9-15(10-12-16)13-17(19)8-4-7-14-5-2-1-3-6-14/h1-3,5-6,9-12,17H,4,7-8,13,19H2. The molecule has 2 rings (SSSR count). The zero-order valence-electron chi connectivity index (χ0n) is 11.1. The predicted octanol–water partition coefficient (Wildman–Crippen LogP) is 4.23. The molecular formula is C17H20ClN. The summed E-state index contributed by atoms with van der Waals surface area (Å²) in [5.74, 6) is 0. The lowest BCUT2D eigenvalue weighted by atomic mass is 10.00. The van der Waals surface area contributed by atoms with E-state index in [1.54, 1.807) is 0 Å². The number of hydrogen-bond acceptors (Lipinski definition) is 1. The summed E-state index contributed by atoms with van der Waals surface area (Å²) in [6.45, 7) is 0. The monoisotopic (exact) mass is 273 g/mol. The fourth-order valence-electron chi connectivity index (χ4n) is 2.24. The van der Waals surface area contributed by atoms with Gasteiger partial charge in [-0.3, -0.25) is 0 Å². The van der Waals surface area contributed by atoms with E-state index in [0.29, 0.717) is 0 Å². The lowest BCUT2D eigenvalue weighted by Gasteiger charge is -2.11. The molecule has 0 aliphatic rings. The van der Waals surface area contributed by atoms with Crippen LogP contribution in [0.1, 0.15) is 24.0 Å². The maximum absolute atomic E-state index is 6.17. The number of hydrogen-bond donors (Lipinski definition) is 1. The number of halogens is 1. The second kappa shape index (κ2) is 7.32. The first-order valence-corrected chi connectivity index (χ1v) is 7.16. The van der Waals surface area contributed by atoms with Gasteiger partial charge in [-0.1, -0.05) is 54.1 Å². The van der Waals surface area contributed by atoms with Crippen LogP contribution in [0.25, 0.3) is 0 Å². The van der Waals surface area contributed by atoms with Gasteiger partial charge in [-0.25, -0.2) is 0 Å². The Bertz CT molecular complexity index is 478. The van der Waals surface area contributed by atoms with E-state index in [-0.39, 0.29) is 6.04 Å². The Hall–Kier alpha value is -1.31. The number of rotatable bonds is 6. The number of benzene rings is 2. The van der Waals surface area contributed by atoms with Gasteiger partial charge in [0.05, 0.1) is 0 Å². The van der Waals surface area contributed by atoms with Crippen LogP contribution in [0.4, 0.5) is 0 Å². The highest BCUT2D eigenvalue weighted by Crippen LogP contribution is 2.13. The van der Waals surface area contributed by atoms with Crippen molar-refractivity contribution in [1.29, 1.82) is 0 Å². The van der Waals surface area contributed by atoms with Crippen LogP contribution in [-0.4, -0.2) is 6.04 Å². The Morgan fingerprint density at radius 1 is 0.895 bits per heavy atom. The summed E-state index contributed by atoms with van der Waals surface area (Å²) in [4.78, 5) is 0. The van der Waals surface area contributed by atoms with E-state index in [9.17, 15) is 0 Å². The molecule has 0 saturated heterocycles. The van der Waals surface area contributed by atoms with Crippen molar-refractivity contribution < 1.29 is 0 Å². The van der Waals surface area contributed by atoms with Crippen molar-refractivity contribution in [3.8, 4) is 0 Å². The SMILES string of the molecule is NC(CCCc1ccccc1)Cc1ccc(Cl)cc1. The van der Waals surface area contributed by atoms with Crippen molar-refractivity contribution in [2.24, 2.45) is 5.73 Å². The van der Waals surface area contributed by atoms with Crippen LogP contribution in [0.5, 0.6) is 0 Å². The molecule has 0 aromatic heterocycles. The molecule has 0 heterocycles. The Labute approximate surface area is 120 Å². The largest absolute Gasteiger partial charge is 0.327 e. The average molecular weight is 274 g/mol. The third-order valence-electron chi connectivity index (χ3n) is 3.29. The number of nitrogens with two attached hydrogens (primary N) is 1. The van der Waals surface area contributed by atoms with Crippen molar-refractivity contribution in [3.05, 3.63) is 70.7 Å². The van der Waals surface area contributed by atoms with Gasteiger partial charge < -0.3 is 5.73 Å². The summed E-state index contributed by atoms with van der Waals surface area (Å²) in [6, 6.07) is 18.8. The fraction of sp³-hybridized carbons (Fsp3) is 0.294. The minimum Gasteiger partial charge on any atom is -0.327 e. The molecule has 1 unspecified atom stereocenters. The van der Waals surface area contributed by atoms with Crippen LogP contribution in [0.3, 0.4) is 0 Å². The fourth-order valence-corrected chi connectivity index (χ4v) is 2.36. The van der Waals surface area contributed by atoms with Crippen molar-refractivity contribution in [2.45, 2.75) is 31.7 Å². The summed E-state index contributed by atoms with van der Waals surface area (Å²) < 4.78 is 0. The quantitative estimate of drug-likeness (QED) is 0.837. The first-order valence-electron chi connectivity index (χ1n) is 6.78. The van der Waals surface area contributed by atoms with E-state index in [2.05, 4.69) is 42.5 Å². The van der Waals surface area contributed by atoms with Crippen LogP contribution in [0, 0.1) is 0 Å². The Kier molecular flexibility index (Phi) is 5.44. The maximum Gasteiger partial charge on any atom is 0.0406 e. The molecule has 0 bridgehead atoms. The van der Waals surface area contributed by atoms with E-state index < -0.39 is 0 Å². The average Bonchev–Trinajstić information content (AvgIpc) is 2.43. The lowest BCUT2D eigenvalue weighted by molar-refractivity contribution is 0.580. The molecule has 0 aliphatic carbocycles. The van der Waals surface area contributed by atoms with Crippen LogP contribution in [0.15, 0.2) is 54.6 Å². The van der Waals surface area contributed by atoms with Gasteiger partial charge in [0.1, 0.15) is 0 Å². The minimum absolute atomic E-state index is 0.227. The van der Waals surface area contributed by atoms with Crippen molar-refractivity contribution in [2.75, 3.05) is 0 Å². The van der Waals surface area contributed by atoms with Crippen LogP contribution < -0.4 is 5.73 Å². The number of aryl methyl sites for hydroxylation is 1. The molecule has 2 aromatic rings. The molecule has 2 heteroatoms. The van der Waals surface area contributed by atoms with Gasteiger partial charge in [0.25, 0.3) is 0 Å². The predicted molar refractivity (Wildman–Crippen MR) is 82.5 cm³/mol. The van der Waals surface area contributed by atoms with Crippen LogP contribution in [0.2, 0.25) is 5.02 Å². The first kappa shape index (κ1) is 14.1. The molecule has 0 spiro atoms. The first-order chi connectivity index (χ1) is 9.24. The molecule has 0 amide bonds. The maximum atomic E-state index is 6.17. The molecular weight excluding hydrogens is 254 g/mol. The third kappa shape index (κ3) is 5.06. The molecule has 1 nitrogen and oxygen atoms in total. The normalized spacial score (nSPS) is 12.3. The molecule has 100 valence electrons. The Morgan fingerprint density at radius 3 is 2.26 bits per heavy atom. The Morgan fingerprint density at radius 2 is 1.58 bits per heavy atom. The van der Waals surface area contributed by atoms with Gasteiger partial charge in [-0.2, -0.15) is 0 Å². The van der Waals surface area contributed by atoms with Gasteiger partial charge in [-0.05, 0) is 48.9 Å². The smallest absolute Gasteiger partial charge is 0.0406 e. The second-order valence-corrected chi connectivity index (χ2v) is 5.40. The highest BCUT2D eigenvalue weighted by molar-refractivity contribution is 6.30. The molecule has 0 fully saturated rings. The second-order valence-electron chi connectivity index (χ2n) is 4.97. The highest BCUT2D eigenvalue weighted by atomic mass is 35.5. The van der Waals surface area contributed by atoms with Crippen LogP contribution >= 0.6 is 11.6 Å². The van der Waals surface area contributed by atoms with Gasteiger partial charge in [0, 0.05) is 11.1 Å². The zero-order chi connectivity index (χ0) is 13.5. The zero-order valence-corrected chi connectivity index (χ0v) is 11.8. The van der Waals surface area contributed by atoms with Crippen molar-refractivity contribution in [1.82, 2.24) is 0 Å². The van der Waals surface area contributed by atoms with Gasteiger partial charge >= 0.3 is 0 Å². The Balaban J connectivity index is 1.73. The molecule has 0 radical (unpaired) electrons. The molecule has 2 N–H and O–H groups in total. The molecule has 0 aliphatic heterocycles. The van der Waals surface area contributed by atoms with Gasteiger partial charge in [0.2, 0.25) is 0 Å². The third-order valence-corrected chi connectivity index (χ3v) is 3.55. The topological polar surface area (TPSA) is 26.0 Å². The lowest BCUT2D eigenvalue weighted by Crippen LogP contribution is -2.22.